The Morgan fingerprint density at radius 3 is 3.04 bits per heavy atom. The Morgan fingerprint density at radius 1 is 1.30 bits per heavy atom. The number of sulfonamides is 1. The number of hydrogen-bond donors (Lipinski definition) is 0. The highest BCUT2D eigenvalue weighted by molar-refractivity contribution is 7.89. The number of piperidine rings is 1. The monoisotopic (exact) mass is 404 g/mol. The minimum Gasteiger partial charge on any atom is -0.493 e. The van der Waals surface area contributed by atoms with Gasteiger partial charge < -0.3 is 4.74 Å². The lowest BCUT2D eigenvalue weighted by atomic mass is 10.0. The SMILES string of the molecule is Cc1cc(OCC2CCCN(S(=O)(=O)c3cccc4nsnc34)C2)ccn1. The van der Waals surface area contributed by atoms with Crippen molar-refractivity contribution in [1.29, 1.82) is 0 Å². The van der Waals surface area contributed by atoms with E-state index in [1.54, 1.807) is 28.7 Å². The van der Waals surface area contributed by atoms with Gasteiger partial charge in [0.05, 0.1) is 18.3 Å². The van der Waals surface area contributed by atoms with E-state index >= 15 is 0 Å². The minimum absolute atomic E-state index is 0.148. The summed E-state index contributed by atoms with van der Waals surface area (Å²) in [6.07, 6.45) is 3.47. The molecule has 7 nitrogen and oxygen atoms in total. The standard InChI is InChI=1S/C18H20N4O3S2/c1-13-10-15(7-8-19-13)25-12-14-4-3-9-22(11-14)27(23,24)17-6-2-5-16-18(17)21-26-20-16/h2,5-8,10,14H,3-4,9,11-12H2,1H3. The van der Waals surface area contributed by atoms with Crippen LogP contribution >= 0.6 is 11.7 Å². The molecule has 142 valence electrons. The van der Waals surface area contributed by atoms with Crippen molar-refractivity contribution in [2.75, 3.05) is 19.7 Å². The maximum absolute atomic E-state index is 13.2. The van der Waals surface area contributed by atoms with E-state index in [9.17, 15) is 8.42 Å². The minimum atomic E-state index is -3.61. The van der Waals surface area contributed by atoms with Gasteiger partial charge in [0.1, 0.15) is 21.7 Å². The number of aryl methyl sites for hydroxylation is 1. The predicted molar refractivity (Wildman–Crippen MR) is 103 cm³/mol. The van der Waals surface area contributed by atoms with Crippen LogP contribution in [0.1, 0.15) is 18.5 Å². The summed E-state index contributed by atoms with van der Waals surface area (Å²) >= 11 is 1.03. The second-order valence-corrected chi connectivity index (χ2v) is 9.14. The Hall–Kier alpha value is -2.10. The van der Waals surface area contributed by atoms with Crippen molar-refractivity contribution < 1.29 is 13.2 Å². The van der Waals surface area contributed by atoms with Gasteiger partial charge in [0.25, 0.3) is 0 Å². The first-order valence-electron chi connectivity index (χ1n) is 8.81. The number of hydrogen-bond acceptors (Lipinski definition) is 7. The molecule has 1 aromatic carbocycles. The molecule has 9 heteroatoms. The zero-order valence-corrected chi connectivity index (χ0v) is 16.5. The van der Waals surface area contributed by atoms with Crippen LogP contribution in [0.25, 0.3) is 11.0 Å². The third-order valence-corrected chi connectivity index (χ3v) is 7.14. The van der Waals surface area contributed by atoms with Crippen LogP contribution < -0.4 is 4.74 Å². The van der Waals surface area contributed by atoms with Gasteiger partial charge in [0, 0.05) is 37.0 Å². The number of rotatable bonds is 5. The fourth-order valence-electron chi connectivity index (χ4n) is 3.33. The molecule has 1 unspecified atom stereocenters. The van der Waals surface area contributed by atoms with Crippen molar-refractivity contribution >= 4 is 32.8 Å². The Labute approximate surface area is 162 Å². The summed E-state index contributed by atoms with van der Waals surface area (Å²) in [4.78, 5) is 4.39. The fourth-order valence-corrected chi connectivity index (χ4v) is 5.64. The van der Waals surface area contributed by atoms with Crippen LogP contribution in [0.5, 0.6) is 5.75 Å². The van der Waals surface area contributed by atoms with Crippen LogP contribution in [-0.4, -0.2) is 46.2 Å². The van der Waals surface area contributed by atoms with Crippen molar-refractivity contribution in [3.8, 4) is 5.75 Å². The molecular weight excluding hydrogens is 384 g/mol. The molecule has 27 heavy (non-hydrogen) atoms. The molecule has 1 atom stereocenters. The summed E-state index contributed by atoms with van der Waals surface area (Å²) in [6.45, 7) is 3.36. The first-order valence-corrected chi connectivity index (χ1v) is 11.0. The third-order valence-electron chi connectivity index (χ3n) is 4.70. The molecular formula is C18H20N4O3S2. The van der Waals surface area contributed by atoms with E-state index in [2.05, 4.69) is 13.7 Å². The highest BCUT2D eigenvalue weighted by Gasteiger charge is 2.32. The lowest BCUT2D eigenvalue weighted by Gasteiger charge is -2.31. The van der Waals surface area contributed by atoms with Crippen LogP contribution in [0.15, 0.2) is 41.4 Å². The largest absolute Gasteiger partial charge is 0.493 e. The number of aromatic nitrogens is 3. The van der Waals surface area contributed by atoms with Gasteiger partial charge in [-0.15, -0.1) is 0 Å². The molecule has 1 aliphatic heterocycles. The van der Waals surface area contributed by atoms with Gasteiger partial charge in [0.15, 0.2) is 0 Å². The number of pyridine rings is 1. The van der Waals surface area contributed by atoms with E-state index in [1.165, 1.54) is 0 Å². The summed E-state index contributed by atoms with van der Waals surface area (Å²) < 4.78 is 42.1. The highest BCUT2D eigenvalue weighted by atomic mass is 32.2. The molecule has 1 aliphatic rings. The van der Waals surface area contributed by atoms with Crippen molar-refractivity contribution in [3.05, 3.63) is 42.2 Å². The summed E-state index contributed by atoms with van der Waals surface area (Å²) in [6, 6.07) is 8.81. The molecule has 0 radical (unpaired) electrons. The van der Waals surface area contributed by atoms with Crippen LogP contribution in [0.2, 0.25) is 0 Å². The second kappa shape index (κ2) is 7.49. The topological polar surface area (TPSA) is 85.3 Å². The van der Waals surface area contributed by atoms with Crippen molar-refractivity contribution in [2.24, 2.45) is 5.92 Å². The molecule has 3 heterocycles. The average Bonchev–Trinajstić information content (AvgIpc) is 3.15. The number of ether oxygens (including phenoxy) is 1. The van der Waals surface area contributed by atoms with Gasteiger partial charge in [-0.1, -0.05) is 6.07 Å². The summed E-state index contributed by atoms with van der Waals surface area (Å²) in [5.74, 6) is 0.913. The molecule has 0 spiro atoms. The van der Waals surface area contributed by atoms with E-state index in [-0.39, 0.29) is 10.8 Å². The molecule has 0 amide bonds. The maximum atomic E-state index is 13.2. The molecule has 4 rings (SSSR count). The molecule has 0 N–H and O–H groups in total. The summed E-state index contributed by atoms with van der Waals surface area (Å²) in [5.41, 5.74) is 1.96. The number of nitrogens with zero attached hydrogens (tertiary/aromatic N) is 4. The van der Waals surface area contributed by atoms with Crippen LogP contribution in [0, 0.1) is 12.8 Å². The van der Waals surface area contributed by atoms with Crippen LogP contribution in [0.3, 0.4) is 0 Å². The Balaban J connectivity index is 1.49. The third kappa shape index (κ3) is 3.80. The maximum Gasteiger partial charge on any atom is 0.245 e. The summed E-state index contributed by atoms with van der Waals surface area (Å²) in [7, 11) is -3.61. The van der Waals surface area contributed by atoms with E-state index in [0.29, 0.717) is 30.7 Å². The normalized spacial score (nSPS) is 18.6. The Bertz CT molecular complexity index is 1050. The molecule has 0 bridgehead atoms. The lowest BCUT2D eigenvalue weighted by molar-refractivity contribution is 0.180. The molecule has 1 fully saturated rings. The molecule has 3 aromatic rings. The number of benzene rings is 1. The Kier molecular flexibility index (Phi) is 5.07. The number of fused-ring (bicyclic) bond motifs is 1. The predicted octanol–water partition coefficient (Wildman–Crippen LogP) is 2.87. The van der Waals surface area contributed by atoms with E-state index in [0.717, 1.165) is 36.0 Å². The lowest BCUT2D eigenvalue weighted by Crippen LogP contribution is -2.41. The quantitative estimate of drug-likeness (QED) is 0.650. The zero-order chi connectivity index (χ0) is 18.9. The van der Waals surface area contributed by atoms with Gasteiger partial charge in [-0.3, -0.25) is 4.98 Å². The smallest absolute Gasteiger partial charge is 0.245 e. The summed E-state index contributed by atoms with van der Waals surface area (Å²) in [5, 5.41) is 0. The van der Waals surface area contributed by atoms with Gasteiger partial charge >= 0.3 is 0 Å². The Morgan fingerprint density at radius 2 is 2.19 bits per heavy atom. The molecule has 2 aromatic heterocycles. The van der Waals surface area contributed by atoms with Crippen molar-refractivity contribution in [2.45, 2.75) is 24.7 Å². The van der Waals surface area contributed by atoms with Crippen molar-refractivity contribution in [3.63, 3.8) is 0 Å². The molecule has 1 saturated heterocycles. The first kappa shape index (κ1) is 18.3. The van der Waals surface area contributed by atoms with Crippen LogP contribution in [-0.2, 0) is 10.0 Å². The first-order chi connectivity index (χ1) is 13.0. The average molecular weight is 405 g/mol. The second-order valence-electron chi connectivity index (χ2n) is 6.70. The molecule has 0 saturated carbocycles. The zero-order valence-electron chi connectivity index (χ0n) is 14.9. The van der Waals surface area contributed by atoms with Gasteiger partial charge in [-0.25, -0.2) is 8.42 Å². The van der Waals surface area contributed by atoms with Crippen LogP contribution in [0.4, 0.5) is 0 Å². The van der Waals surface area contributed by atoms with Gasteiger partial charge in [0.2, 0.25) is 10.0 Å². The highest BCUT2D eigenvalue weighted by Crippen LogP contribution is 2.28. The fraction of sp³-hybridized carbons (Fsp3) is 0.389. The van der Waals surface area contributed by atoms with E-state index in [1.807, 2.05) is 19.1 Å². The molecule has 0 aliphatic carbocycles. The van der Waals surface area contributed by atoms with Crippen molar-refractivity contribution in [1.82, 2.24) is 18.0 Å². The van der Waals surface area contributed by atoms with E-state index in [4.69, 9.17) is 4.74 Å². The van der Waals surface area contributed by atoms with Gasteiger partial charge in [-0.2, -0.15) is 13.1 Å². The van der Waals surface area contributed by atoms with E-state index < -0.39 is 10.0 Å². The van der Waals surface area contributed by atoms with Gasteiger partial charge in [-0.05, 0) is 38.0 Å².